The van der Waals surface area contributed by atoms with Crippen LogP contribution in [0.1, 0.15) is 44.5 Å². The zero-order valence-corrected chi connectivity index (χ0v) is 18.4. The predicted molar refractivity (Wildman–Crippen MR) is 120 cm³/mol. The SMILES string of the molecule is CC(=O)c1c(C)nc(SCC(=O)c2ccc(C)cc2)c(C#N)c1-c1ccc(Cl)cc1. The van der Waals surface area contributed by atoms with Crippen molar-refractivity contribution in [2.24, 2.45) is 0 Å². The lowest BCUT2D eigenvalue weighted by atomic mass is 9.93. The summed E-state index contributed by atoms with van der Waals surface area (Å²) in [5.74, 6) is -0.0790. The standard InChI is InChI=1S/C24H19ClN2O2S/c1-14-4-6-17(7-5-14)21(29)13-30-24-20(12-26)23(18-8-10-19(25)11-9-18)22(16(3)28)15(2)27-24/h4-11H,13H2,1-3H3. The van der Waals surface area contributed by atoms with Gasteiger partial charge in [0.15, 0.2) is 11.6 Å². The number of thioether (sulfide) groups is 1. The number of pyridine rings is 1. The van der Waals surface area contributed by atoms with E-state index in [-0.39, 0.29) is 22.9 Å². The van der Waals surface area contributed by atoms with E-state index in [0.29, 0.717) is 38.0 Å². The summed E-state index contributed by atoms with van der Waals surface area (Å²) in [5, 5.41) is 10.9. The molecule has 0 aliphatic heterocycles. The first kappa shape index (κ1) is 21.8. The van der Waals surface area contributed by atoms with Crippen LogP contribution in [0.3, 0.4) is 0 Å². The van der Waals surface area contributed by atoms with Crippen LogP contribution in [0.2, 0.25) is 5.02 Å². The van der Waals surface area contributed by atoms with Crippen molar-refractivity contribution in [3.05, 3.63) is 81.5 Å². The second-order valence-electron chi connectivity index (χ2n) is 6.88. The van der Waals surface area contributed by atoms with Crippen LogP contribution >= 0.6 is 23.4 Å². The molecule has 0 spiro atoms. The Bertz CT molecular complexity index is 1160. The Morgan fingerprint density at radius 1 is 1.07 bits per heavy atom. The number of halogens is 1. The third-order valence-electron chi connectivity index (χ3n) is 4.66. The number of carbonyl (C=O) groups is 2. The lowest BCUT2D eigenvalue weighted by Gasteiger charge is -2.15. The summed E-state index contributed by atoms with van der Waals surface area (Å²) in [6.07, 6.45) is 0. The summed E-state index contributed by atoms with van der Waals surface area (Å²) < 4.78 is 0. The quantitative estimate of drug-likeness (QED) is 0.348. The third-order valence-corrected chi connectivity index (χ3v) is 5.88. The van der Waals surface area contributed by atoms with Gasteiger partial charge < -0.3 is 0 Å². The Morgan fingerprint density at radius 2 is 1.70 bits per heavy atom. The molecule has 150 valence electrons. The number of benzene rings is 2. The normalized spacial score (nSPS) is 10.5. The van der Waals surface area contributed by atoms with Gasteiger partial charge in [0, 0.05) is 21.7 Å². The molecule has 0 amide bonds. The van der Waals surface area contributed by atoms with E-state index in [1.165, 1.54) is 18.7 Å². The summed E-state index contributed by atoms with van der Waals surface area (Å²) in [4.78, 5) is 29.4. The molecule has 2 aromatic carbocycles. The number of rotatable bonds is 6. The summed E-state index contributed by atoms with van der Waals surface area (Å²) in [6.45, 7) is 5.16. The van der Waals surface area contributed by atoms with E-state index in [1.807, 2.05) is 19.1 Å². The van der Waals surface area contributed by atoms with Crippen LogP contribution in [0.5, 0.6) is 0 Å². The van der Waals surface area contributed by atoms with Crippen LogP contribution in [0.15, 0.2) is 53.6 Å². The van der Waals surface area contributed by atoms with Gasteiger partial charge in [-0.2, -0.15) is 5.26 Å². The van der Waals surface area contributed by atoms with Crippen LogP contribution in [0, 0.1) is 25.2 Å². The number of carbonyl (C=O) groups excluding carboxylic acids is 2. The monoisotopic (exact) mass is 434 g/mol. The molecule has 0 saturated heterocycles. The smallest absolute Gasteiger partial charge is 0.173 e. The number of hydrogen-bond acceptors (Lipinski definition) is 5. The van der Waals surface area contributed by atoms with Crippen molar-refractivity contribution >= 4 is 34.9 Å². The average Bonchev–Trinajstić information content (AvgIpc) is 2.72. The van der Waals surface area contributed by atoms with E-state index in [9.17, 15) is 14.9 Å². The molecule has 0 unspecified atom stereocenters. The van der Waals surface area contributed by atoms with Gasteiger partial charge in [0.1, 0.15) is 11.1 Å². The Morgan fingerprint density at radius 3 is 2.27 bits per heavy atom. The van der Waals surface area contributed by atoms with Crippen molar-refractivity contribution in [2.45, 2.75) is 25.8 Å². The molecule has 0 radical (unpaired) electrons. The lowest BCUT2D eigenvalue weighted by molar-refractivity contribution is 0.101. The van der Waals surface area contributed by atoms with Gasteiger partial charge in [-0.15, -0.1) is 0 Å². The fraction of sp³-hybridized carbons (Fsp3) is 0.167. The second-order valence-corrected chi connectivity index (χ2v) is 8.28. The molecule has 0 atom stereocenters. The highest BCUT2D eigenvalue weighted by atomic mass is 35.5. The molecule has 6 heteroatoms. The minimum absolute atomic E-state index is 0.0490. The molecule has 0 aliphatic rings. The first-order valence-electron chi connectivity index (χ1n) is 9.26. The summed E-state index contributed by atoms with van der Waals surface area (Å²) >= 11 is 7.21. The van der Waals surface area contributed by atoms with Crippen LogP contribution in [0.25, 0.3) is 11.1 Å². The number of nitriles is 1. The van der Waals surface area contributed by atoms with Gasteiger partial charge in [-0.25, -0.2) is 4.98 Å². The van der Waals surface area contributed by atoms with Gasteiger partial charge in [-0.1, -0.05) is 65.3 Å². The number of aromatic nitrogens is 1. The molecule has 0 fully saturated rings. The summed E-state index contributed by atoms with van der Waals surface area (Å²) in [6, 6.07) is 16.5. The third kappa shape index (κ3) is 4.62. The minimum Gasteiger partial charge on any atom is -0.294 e. The average molecular weight is 435 g/mol. The number of Topliss-reactive ketones (excluding diaryl/α,β-unsaturated/α-hetero) is 2. The Hall–Kier alpha value is -2.94. The summed E-state index contributed by atoms with van der Waals surface area (Å²) in [5.41, 5.74) is 4.14. The highest BCUT2D eigenvalue weighted by molar-refractivity contribution is 8.00. The van der Waals surface area contributed by atoms with Crippen molar-refractivity contribution < 1.29 is 9.59 Å². The molecular weight excluding hydrogens is 416 g/mol. The maximum absolute atomic E-state index is 12.6. The molecule has 0 saturated carbocycles. The van der Waals surface area contributed by atoms with Crippen molar-refractivity contribution in [1.29, 1.82) is 5.26 Å². The molecule has 1 heterocycles. The molecule has 0 N–H and O–H groups in total. The fourth-order valence-electron chi connectivity index (χ4n) is 3.18. The maximum Gasteiger partial charge on any atom is 0.173 e. The van der Waals surface area contributed by atoms with Gasteiger partial charge in [0.05, 0.1) is 17.0 Å². The van der Waals surface area contributed by atoms with Crippen LogP contribution in [0.4, 0.5) is 0 Å². The van der Waals surface area contributed by atoms with E-state index in [4.69, 9.17) is 11.6 Å². The van der Waals surface area contributed by atoms with Crippen molar-refractivity contribution in [3.8, 4) is 17.2 Å². The molecule has 1 aromatic heterocycles. The topological polar surface area (TPSA) is 70.8 Å². The molecule has 30 heavy (non-hydrogen) atoms. The zero-order chi connectivity index (χ0) is 21.8. The first-order valence-corrected chi connectivity index (χ1v) is 10.6. The van der Waals surface area contributed by atoms with E-state index in [2.05, 4.69) is 11.1 Å². The molecule has 3 aromatic rings. The largest absolute Gasteiger partial charge is 0.294 e. The highest BCUT2D eigenvalue weighted by Gasteiger charge is 2.23. The van der Waals surface area contributed by atoms with Gasteiger partial charge in [-0.05, 0) is 38.5 Å². The molecular formula is C24H19ClN2O2S. The molecule has 4 nitrogen and oxygen atoms in total. The fourth-order valence-corrected chi connectivity index (χ4v) is 4.23. The summed E-state index contributed by atoms with van der Waals surface area (Å²) in [7, 11) is 0. The minimum atomic E-state index is -0.172. The Labute approximate surface area is 184 Å². The second kappa shape index (κ2) is 9.25. The molecule has 0 bridgehead atoms. The van der Waals surface area contributed by atoms with Crippen molar-refractivity contribution in [1.82, 2.24) is 4.98 Å². The van der Waals surface area contributed by atoms with E-state index < -0.39 is 0 Å². The highest BCUT2D eigenvalue weighted by Crippen LogP contribution is 2.35. The number of ketones is 2. The molecule has 3 rings (SSSR count). The van der Waals surface area contributed by atoms with Crippen molar-refractivity contribution in [2.75, 3.05) is 5.75 Å². The van der Waals surface area contributed by atoms with Crippen LogP contribution in [-0.2, 0) is 0 Å². The molecule has 0 aliphatic carbocycles. The van der Waals surface area contributed by atoms with E-state index in [0.717, 1.165) is 5.56 Å². The van der Waals surface area contributed by atoms with Gasteiger partial charge >= 0.3 is 0 Å². The van der Waals surface area contributed by atoms with Crippen LogP contribution < -0.4 is 0 Å². The predicted octanol–water partition coefficient (Wildman–Crippen LogP) is 6.07. The van der Waals surface area contributed by atoms with E-state index >= 15 is 0 Å². The van der Waals surface area contributed by atoms with E-state index in [1.54, 1.807) is 43.3 Å². The first-order chi connectivity index (χ1) is 14.3. The number of hydrogen-bond donors (Lipinski definition) is 0. The number of nitrogens with zero attached hydrogens (tertiary/aromatic N) is 2. The number of aryl methyl sites for hydroxylation is 2. The van der Waals surface area contributed by atoms with Crippen LogP contribution in [-0.4, -0.2) is 22.3 Å². The van der Waals surface area contributed by atoms with Gasteiger partial charge in [0.25, 0.3) is 0 Å². The van der Waals surface area contributed by atoms with Gasteiger partial charge in [-0.3, -0.25) is 9.59 Å². The Kier molecular flexibility index (Phi) is 6.71. The van der Waals surface area contributed by atoms with Gasteiger partial charge in [0.2, 0.25) is 0 Å². The van der Waals surface area contributed by atoms with Crippen molar-refractivity contribution in [3.63, 3.8) is 0 Å². The maximum atomic E-state index is 12.6. The lowest BCUT2D eigenvalue weighted by Crippen LogP contribution is -2.08. The zero-order valence-electron chi connectivity index (χ0n) is 16.8. The Balaban J connectivity index is 2.04.